The summed E-state index contributed by atoms with van der Waals surface area (Å²) >= 11 is 0. The van der Waals surface area contributed by atoms with Gasteiger partial charge in [0, 0.05) is 25.1 Å². The Morgan fingerprint density at radius 3 is 2.54 bits per heavy atom. The van der Waals surface area contributed by atoms with Gasteiger partial charge in [0.2, 0.25) is 5.91 Å². The van der Waals surface area contributed by atoms with Gasteiger partial charge < -0.3 is 16.0 Å². The topological polar surface area (TPSA) is 70.2 Å². The summed E-state index contributed by atoms with van der Waals surface area (Å²) in [5.74, 6) is 0.251. The number of rotatable bonds is 7. The zero-order valence-corrected chi connectivity index (χ0v) is 16.3. The summed E-state index contributed by atoms with van der Waals surface area (Å²) in [6, 6.07) is 4.39. The Labute approximate surface area is 160 Å². The minimum Gasteiger partial charge on any atom is -0.354 e. The van der Waals surface area contributed by atoms with Crippen molar-refractivity contribution < 1.29 is 14.0 Å². The maximum atomic E-state index is 13.5. The number of halogens is 2. The second kappa shape index (κ2) is 11.1. The summed E-state index contributed by atoms with van der Waals surface area (Å²) in [6.45, 7) is 6.53. The molecule has 1 unspecified atom stereocenters. The Morgan fingerprint density at radius 2 is 1.88 bits per heavy atom. The van der Waals surface area contributed by atoms with Gasteiger partial charge in [0.15, 0.2) is 0 Å². The number of carbonyl (C=O) groups excluding carboxylic acids is 2. The van der Waals surface area contributed by atoms with E-state index in [1.165, 1.54) is 6.07 Å². The number of amides is 2. The Hall–Kier alpha value is -1.66. The van der Waals surface area contributed by atoms with Crippen LogP contribution in [0.4, 0.5) is 4.39 Å². The van der Waals surface area contributed by atoms with Gasteiger partial charge in [0.1, 0.15) is 5.82 Å². The van der Waals surface area contributed by atoms with E-state index >= 15 is 0 Å². The van der Waals surface area contributed by atoms with Crippen molar-refractivity contribution in [2.45, 2.75) is 33.1 Å². The van der Waals surface area contributed by atoms with E-state index in [2.05, 4.69) is 22.9 Å². The molecule has 146 valence electrons. The number of hydrogen-bond donors (Lipinski definition) is 3. The van der Waals surface area contributed by atoms with Crippen LogP contribution in [-0.4, -0.2) is 38.0 Å². The summed E-state index contributed by atoms with van der Waals surface area (Å²) in [7, 11) is 0. The summed E-state index contributed by atoms with van der Waals surface area (Å²) < 4.78 is 13.5. The first-order chi connectivity index (χ1) is 12.0. The molecule has 1 fully saturated rings. The van der Waals surface area contributed by atoms with Crippen LogP contribution in [0.5, 0.6) is 0 Å². The lowest BCUT2D eigenvalue weighted by Gasteiger charge is -2.27. The minimum atomic E-state index is -0.396. The standard InChI is InChI=1S/C19H28FN3O2.ClH/c1-13-3-4-16(12-17(13)20)19(25)23-10-9-22-18(24)11-14(2)15-5-7-21-8-6-15;/h3-4,12,14-15,21H,5-11H2,1-2H3,(H,22,24)(H,23,25);1H. The Balaban J connectivity index is 0.00000338. The second-order valence-electron chi connectivity index (χ2n) is 6.84. The van der Waals surface area contributed by atoms with Crippen molar-refractivity contribution in [3.05, 3.63) is 35.1 Å². The number of hydrogen-bond acceptors (Lipinski definition) is 3. The first-order valence-electron chi connectivity index (χ1n) is 8.99. The summed E-state index contributed by atoms with van der Waals surface area (Å²) in [5.41, 5.74) is 0.792. The molecule has 1 aliphatic heterocycles. The van der Waals surface area contributed by atoms with Crippen LogP contribution in [0.1, 0.15) is 42.1 Å². The van der Waals surface area contributed by atoms with Crippen LogP contribution in [0.25, 0.3) is 0 Å². The second-order valence-corrected chi connectivity index (χ2v) is 6.84. The molecule has 1 heterocycles. The maximum absolute atomic E-state index is 13.5. The number of carbonyl (C=O) groups is 2. The highest BCUT2D eigenvalue weighted by atomic mass is 35.5. The van der Waals surface area contributed by atoms with Gasteiger partial charge in [-0.1, -0.05) is 13.0 Å². The quantitative estimate of drug-likeness (QED) is 0.631. The van der Waals surface area contributed by atoms with E-state index in [-0.39, 0.29) is 29.8 Å². The van der Waals surface area contributed by atoms with E-state index in [1.54, 1.807) is 19.1 Å². The molecular weight excluding hydrogens is 357 g/mol. The van der Waals surface area contributed by atoms with Crippen LogP contribution >= 0.6 is 12.4 Å². The summed E-state index contributed by atoms with van der Waals surface area (Å²) in [6.07, 6.45) is 2.76. The fraction of sp³-hybridized carbons (Fsp3) is 0.579. The lowest BCUT2D eigenvalue weighted by Crippen LogP contribution is -2.37. The van der Waals surface area contributed by atoms with Crippen LogP contribution in [0.3, 0.4) is 0 Å². The highest BCUT2D eigenvalue weighted by Gasteiger charge is 2.21. The Bertz CT molecular complexity index is 606. The van der Waals surface area contributed by atoms with Crippen LogP contribution in [0.2, 0.25) is 0 Å². The van der Waals surface area contributed by atoms with Gasteiger partial charge in [0.05, 0.1) is 0 Å². The summed E-state index contributed by atoms with van der Waals surface area (Å²) in [5, 5.41) is 8.86. The average Bonchev–Trinajstić information content (AvgIpc) is 2.61. The molecule has 0 saturated carbocycles. The minimum absolute atomic E-state index is 0. The highest BCUT2D eigenvalue weighted by molar-refractivity contribution is 5.94. The van der Waals surface area contributed by atoms with Gasteiger partial charge in [-0.15, -0.1) is 12.4 Å². The first kappa shape index (κ1) is 22.4. The Morgan fingerprint density at radius 1 is 1.23 bits per heavy atom. The van der Waals surface area contributed by atoms with E-state index in [4.69, 9.17) is 0 Å². The molecule has 2 amide bonds. The molecule has 1 atom stereocenters. The SMILES string of the molecule is Cc1ccc(C(=O)NCCNC(=O)CC(C)C2CCNCC2)cc1F.Cl. The molecule has 1 aromatic carbocycles. The molecule has 0 bridgehead atoms. The molecule has 1 saturated heterocycles. The van der Waals surface area contributed by atoms with Crippen LogP contribution in [0, 0.1) is 24.6 Å². The molecule has 0 radical (unpaired) electrons. The fourth-order valence-corrected chi connectivity index (χ4v) is 3.16. The lowest BCUT2D eigenvalue weighted by atomic mass is 9.84. The third-order valence-corrected chi connectivity index (χ3v) is 4.86. The average molecular weight is 386 g/mol. The zero-order chi connectivity index (χ0) is 18.2. The number of benzene rings is 1. The van der Waals surface area contributed by atoms with E-state index in [0.717, 1.165) is 25.9 Å². The molecule has 0 aliphatic carbocycles. The molecule has 26 heavy (non-hydrogen) atoms. The predicted octanol–water partition coefficient (Wildman–Crippen LogP) is 2.43. The summed E-state index contributed by atoms with van der Waals surface area (Å²) in [4.78, 5) is 23.9. The molecule has 5 nitrogen and oxygen atoms in total. The molecule has 2 rings (SSSR count). The third-order valence-electron chi connectivity index (χ3n) is 4.86. The monoisotopic (exact) mass is 385 g/mol. The van der Waals surface area contributed by atoms with E-state index < -0.39 is 5.82 Å². The van der Waals surface area contributed by atoms with Gasteiger partial charge >= 0.3 is 0 Å². The molecule has 1 aromatic rings. The van der Waals surface area contributed by atoms with E-state index in [1.807, 2.05) is 0 Å². The van der Waals surface area contributed by atoms with Gasteiger partial charge in [-0.25, -0.2) is 4.39 Å². The zero-order valence-electron chi connectivity index (χ0n) is 15.4. The number of aryl methyl sites for hydroxylation is 1. The predicted molar refractivity (Wildman–Crippen MR) is 103 cm³/mol. The van der Waals surface area contributed by atoms with Crippen molar-refractivity contribution in [2.24, 2.45) is 11.8 Å². The smallest absolute Gasteiger partial charge is 0.251 e. The number of nitrogens with one attached hydrogen (secondary N) is 3. The van der Waals surface area contributed by atoms with Gasteiger partial charge in [-0.3, -0.25) is 9.59 Å². The lowest BCUT2D eigenvalue weighted by molar-refractivity contribution is -0.122. The molecule has 0 aromatic heterocycles. The van der Waals surface area contributed by atoms with Crippen molar-refractivity contribution in [1.82, 2.24) is 16.0 Å². The molecule has 7 heteroatoms. The van der Waals surface area contributed by atoms with Crippen molar-refractivity contribution in [3.63, 3.8) is 0 Å². The molecule has 1 aliphatic rings. The largest absolute Gasteiger partial charge is 0.354 e. The van der Waals surface area contributed by atoms with Crippen LogP contribution < -0.4 is 16.0 Å². The first-order valence-corrected chi connectivity index (χ1v) is 8.99. The van der Waals surface area contributed by atoms with Crippen LogP contribution in [-0.2, 0) is 4.79 Å². The molecular formula is C19H29ClFN3O2. The van der Waals surface area contributed by atoms with Crippen molar-refractivity contribution >= 4 is 24.2 Å². The molecule has 3 N–H and O–H groups in total. The van der Waals surface area contributed by atoms with Gasteiger partial charge in [-0.05, 0) is 62.4 Å². The van der Waals surface area contributed by atoms with Gasteiger partial charge in [0.25, 0.3) is 5.91 Å². The van der Waals surface area contributed by atoms with Gasteiger partial charge in [-0.2, -0.15) is 0 Å². The van der Waals surface area contributed by atoms with Crippen molar-refractivity contribution in [3.8, 4) is 0 Å². The fourth-order valence-electron chi connectivity index (χ4n) is 3.16. The van der Waals surface area contributed by atoms with Crippen molar-refractivity contribution in [2.75, 3.05) is 26.2 Å². The number of piperidine rings is 1. The van der Waals surface area contributed by atoms with E-state index in [9.17, 15) is 14.0 Å². The van der Waals surface area contributed by atoms with E-state index in [0.29, 0.717) is 36.9 Å². The normalized spacial score (nSPS) is 15.7. The highest BCUT2D eigenvalue weighted by Crippen LogP contribution is 2.24. The molecule has 0 spiro atoms. The third kappa shape index (κ3) is 6.92. The van der Waals surface area contributed by atoms with Crippen LogP contribution in [0.15, 0.2) is 18.2 Å². The Kier molecular flexibility index (Phi) is 9.59. The maximum Gasteiger partial charge on any atom is 0.251 e. The van der Waals surface area contributed by atoms with Crippen molar-refractivity contribution in [1.29, 1.82) is 0 Å².